The van der Waals surface area contributed by atoms with Crippen LogP contribution in [0.1, 0.15) is 10.4 Å². The van der Waals surface area contributed by atoms with Crippen molar-refractivity contribution in [3.05, 3.63) is 88.4 Å². The summed E-state index contributed by atoms with van der Waals surface area (Å²) in [5.41, 5.74) is 0.707. The van der Waals surface area contributed by atoms with Gasteiger partial charge in [0.15, 0.2) is 5.75 Å². The molecule has 0 bridgehead atoms. The molecule has 5 nitrogen and oxygen atoms in total. The van der Waals surface area contributed by atoms with E-state index in [4.69, 9.17) is 27.9 Å². The number of rotatable bonds is 5. The minimum absolute atomic E-state index is 0.0520. The maximum atomic E-state index is 12.8. The van der Waals surface area contributed by atoms with Gasteiger partial charge in [0.25, 0.3) is 10.0 Å². The van der Waals surface area contributed by atoms with E-state index in [2.05, 4.69) is 0 Å². The lowest BCUT2D eigenvalue weighted by atomic mass is 10.2. The van der Waals surface area contributed by atoms with E-state index in [1.807, 2.05) is 0 Å². The standard InChI is InChI=1S/C20H15Cl2NO4S/c1-23(16-5-3-2-4-6-16)28(25,26)17-10-7-14(8-11-17)20(24)27-19-13-15(21)9-12-18(19)22/h2-13H,1H3. The fourth-order valence-electron chi connectivity index (χ4n) is 2.41. The fraction of sp³-hybridized carbons (Fsp3) is 0.0500. The molecule has 0 aromatic heterocycles. The highest BCUT2D eigenvalue weighted by atomic mass is 35.5. The number of nitrogens with zero attached hydrogens (tertiary/aromatic N) is 1. The lowest BCUT2D eigenvalue weighted by Gasteiger charge is -2.19. The summed E-state index contributed by atoms with van der Waals surface area (Å²) in [7, 11) is -2.30. The molecule has 0 aliphatic rings. The van der Waals surface area contributed by atoms with Crippen molar-refractivity contribution in [1.82, 2.24) is 0 Å². The van der Waals surface area contributed by atoms with E-state index in [9.17, 15) is 13.2 Å². The third-order valence-electron chi connectivity index (χ3n) is 3.96. The van der Waals surface area contributed by atoms with E-state index >= 15 is 0 Å². The van der Waals surface area contributed by atoms with Crippen LogP contribution in [0.5, 0.6) is 5.75 Å². The number of ether oxygens (including phenoxy) is 1. The van der Waals surface area contributed by atoms with Crippen molar-refractivity contribution < 1.29 is 17.9 Å². The maximum Gasteiger partial charge on any atom is 0.343 e. The number of carbonyl (C=O) groups excluding carboxylic acids is 1. The predicted molar refractivity (Wildman–Crippen MR) is 110 cm³/mol. The molecule has 3 aromatic carbocycles. The SMILES string of the molecule is CN(c1ccccc1)S(=O)(=O)c1ccc(C(=O)Oc2cc(Cl)ccc2Cl)cc1. The summed E-state index contributed by atoms with van der Waals surface area (Å²) >= 11 is 11.9. The lowest BCUT2D eigenvalue weighted by molar-refractivity contribution is 0.0735. The number of anilines is 1. The van der Waals surface area contributed by atoms with Crippen LogP contribution in [0, 0.1) is 0 Å². The van der Waals surface area contributed by atoms with Crippen molar-refractivity contribution in [2.24, 2.45) is 0 Å². The van der Waals surface area contributed by atoms with Gasteiger partial charge in [0.1, 0.15) is 0 Å². The maximum absolute atomic E-state index is 12.8. The minimum atomic E-state index is -3.76. The molecule has 0 heterocycles. The molecule has 0 aliphatic carbocycles. The van der Waals surface area contributed by atoms with Gasteiger partial charge in [-0.1, -0.05) is 41.4 Å². The third-order valence-corrected chi connectivity index (χ3v) is 6.31. The van der Waals surface area contributed by atoms with Gasteiger partial charge in [0.05, 0.1) is 21.2 Å². The third kappa shape index (κ3) is 4.30. The highest BCUT2D eigenvalue weighted by Crippen LogP contribution is 2.28. The molecular formula is C20H15Cl2NO4S. The van der Waals surface area contributed by atoms with Gasteiger partial charge in [-0.25, -0.2) is 13.2 Å². The van der Waals surface area contributed by atoms with E-state index in [-0.39, 0.29) is 21.2 Å². The average molecular weight is 436 g/mol. The molecule has 0 amide bonds. The zero-order valence-corrected chi connectivity index (χ0v) is 17.0. The zero-order valence-electron chi connectivity index (χ0n) is 14.7. The molecule has 0 atom stereocenters. The van der Waals surface area contributed by atoms with Crippen molar-refractivity contribution in [3.63, 3.8) is 0 Å². The molecular weight excluding hydrogens is 421 g/mol. The van der Waals surface area contributed by atoms with Crippen LogP contribution in [-0.2, 0) is 10.0 Å². The van der Waals surface area contributed by atoms with Gasteiger partial charge >= 0.3 is 5.97 Å². The molecule has 0 saturated heterocycles. The number of hydrogen-bond donors (Lipinski definition) is 0. The van der Waals surface area contributed by atoms with Gasteiger partial charge in [0.2, 0.25) is 0 Å². The Labute approximate surface area is 173 Å². The number of carbonyl (C=O) groups is 1. The second-order valence-electron chi connectivity index (χ2n) is 5.80. The first-order valence-electron chi connectivity index (χ1n) is 8.10. The minimum Gasteiger partial charge on any atom is -0.421 e. The Morgan fingerprint density at radius 1 is 0.929 bits per heavy atom. The van der Waals surface area contributed by atoms with Crippen molar-refractivity contribution in [2.45, 2.75) is 4.90 Å². The van der Waals surface area contributed by atoms with Gasteiger partial charge in [-0.3, -0.25) is 4.31 Å². The van der Waals surface area contributed by atoms with E-state index < -0.39 is 16.0 Å². The van der Waals surface area contributed by atoms with Gasteiger partial charge in [-0.15, -0.1) is 0 Å². The Kier molecular flexibility index (Phi) is 5.93. The normalized spacial score (nSPS) is 11.1. The van der Waals surface area contributed by atoms with Crippen molar-refractivity contribution >= 4 is 44.9 Å². The Bertz CT molecular complexity index is 1100. The van der Waals surface area contributed by atoms with Crippen LogP contribution in [0.3, 0.4) is 0 Å². The second kappa shape index (κ2) is 8.22. The Morgan fingerprint density at radius 3 is 2.21 bits per heavy atom. The summed E-state index contributed by atoms with van der Waals surface area (Å²) in [5.74, 6) is -0.552. The molecule has 3 aromatic rings. The number of sulfonamides is 1. The number of para-hydroxylation sites is 1. The van der Waals surface area contributed by atoms with Crippen LogP contribution in [-0.4, -0.2) is 21.4 Å². The van der Waals surface area contributed by atoms with Gasteiger partial charge < -0.3 is 4.74 Å². The summed E-state index contributed by atoms with van der Waals surface area (Å²) in [4.78, 5) is 12.4. The van der Waals surface area contributed by atoms with E-state index in [1.165, 1.54) is 47.8 Å². The van der Waals surface area contributed by atoms with Crippen LogP contribution in [0.15, 0.2) is 77.7 Å². The largest absolute Gasteiger partial charge is 0.421 e. The highest BCUT2D eigenvalue weighted by molar-refractivity contribution is 7.92. The molecule has 144 valence electrons. The van der Waals surface area contributed by atoms with Gasteiger partial charge in [-0.05, 0) is 48.5 Å². The summed E-state index contributed by atoms with van der Waals surface area (Å²) in [6.07, 6.45) is 0. The molecule has 0 N–H and O–H groups in total. The lowest BCUT2D eigenvalue weighted by Crippen LogP contribution is -2.26. The Morgan fingerprint density at radius 2 is 1.57 bits per heavy atom. The van der Waals surface area contributed by atoms with E-state index in [1.54, 1.807) is 36.4 Å². The number of hydrogen-bond acceptors (Lipinski definition) is 4. The topological polar surface area (TPSA) is 63.7 Å². The van der Waals surface area contributed by atoms with E-state index in [0.29, 0.717) is 10.7 Å². The quantitative estimate of drug-likeness (QED) is 0.415. The summed E-state index contributed by atoms with van der Waals surface area (Å²) in [6, 6.07) is 18.7. The summed E-state index contributed by atoms with van der Waals surface area (Å²) in [6.45, 7) is 0. The Hall–Kier alpha value is -2.54. The van der Waals surface area contributed by atoms with Crippen LogP contribution in [0.4, 0.5) is 5.69 Å². The predicted octanol–water partition coefficient (Wildman–Crippen LogP) is 5.04. The molecule has 3 rings (SSSR count). The molecule has 0 fully saturated rings. The van der Waals surface area contributed by atoms with Crippen LogP contribution in [0.2, 0.25) is 10.0 Å². The molecule has 0 aliphatic heterocycles. The Balaban J connectivity index is 1.81. The molecule has 0 spiro atoms. The van der Waals surface area contributed by atoms with Crippen LogP contribution < -0.4 is 9.04 Å². The van der Waals surface area contributed by atoms with Crippen molar-refractivity contribution in [1.29, 1.82) is 0 Å². The smallest absolute Gasteiger partial charge is 0.343 e. The van der Waals surface area contributed by atoms with E-state index in [0.717, 1.165) is 0 Å². The molecule has 0 unspecified atom stereocenters. The zero-order chi connectivity index (χ0) is 20.3. The molecule has 0 saturated carbocycles. The monoisotopic (exact) mass is 435 g/mol. The van der Waals surface area contributed by atoms with Gasteiger partial charge in [-0.2, -0.15) is 0 Å². The van der Waals surface area contributed by atoms with Gasteiger partial charge in [0, 0.05) is 18.1 Å². The van der Waals surface area contributed by atoms with Crippen molar-refractivity contribution in [2.75, 3.05) is 11.4 Å². The molecule has 8 heteroatoms. The summed E-state index contributed by atoms with van der Waals surface area (Å²) in [5, 5.41) is 0.610. The van der Waals surface area contributed by atoms with Crippen LogP contribution in [0.25, 0.3) is 0 Å². The molecule has 28 heavy (non-hydrogen) atoms. The first kappa shape index (κ1) is 20.2. The van der Waals surface area contributed by atoms with Crippen molar-refractivity contribution in [3.8, 4) is 5.75 Å². The first-order chi connectivity index (χ1) is 13.3. The first-order valence-corrected chi connectivity index (χ1v) is 10.3. The second-order valence-corrected chi connectivity index (χ2v) is 8.61. The average Bonchev–Trinajstić information content (AvgIpc) is 2.71. The summed E-state index contributed by atoms with van der Waals surface area (Å²) < 4.78 is 31.9. The highest BCUT2D eigenvalue weighted by Gasteiger charge is 2.22. The molecule has 0 radical (unpaired) electrons. The number of halogens is 2. The van der Waals surface area contributed by atoms with Crippen LogP contribution >= 0.6 is 23.2 Å². The fourth-order valence-corrected chi connectivity index (χ4v) is 3.93. The number of esters is 1. The number of benzene rings is 3.